The summed E-state index contributed by atoms with van der Waals surface area (Å²) in [4.78, 5) is 41.6. The summed E-state index contributed by atoms with van der Waals surface area (Å²) in [6.45, 7) is 3.44. The number of phosphoric acid groups is 1. The van der Waals surface area contributed by atoms with E-state index in [-0.39, 0.29) is 19.4 Å². The fraction of sp³-hybridized carbons (Fsp3) is 0.917. The summed E-state index contributed by atoms with van der Waals surface area (Å²) in [6, 6.07) is 0. The largest absolute Gasteiger partial charge is 0.469 e. The van der Waals surface area contributed by atoms with Crippen molar-refractivity contribution in [2.24, 2.45) is 0 Å². The van der Waals surface area contributed by atoms with Crippen molar-refractivity contribution in [1.82, 2.24) is 0 Å². The second-order valence-electron chi connectivity index (χ2n) is 8.68. The van der Waals surface area contributed by atoms with Crippen LogP contribution >= 0.6 is 7.82 Å². The number of esters is 2. The molecule has 1 atom stereocenters. The van der Waals surface area contributed by atoms with Crippen LogP contribution in [-0.2, 0) is 28.2 Å². The smallest absolute Gasteiger partial charge is 0.462 e. The van der Waals surface area contributed by atoms with Crippen molar-refractivity contribution in [3.8, 4) is 0 Å². The quantitative estimate of drug-likeness (QED) is 0.0975. The Hall–Kier alpha value is -0.950. The molecule has 0 radical (unpaired) electrons. The van der Waals surface area contributed by atoms with Gasteiger partial charge in [0.05, 0.1) is 6.61 Å². The first-order chi connectivity index (χ1) is 15.8. The number of hydrogen-bond donors (Lipinski definition) is 2. The van der Waals surface area contributed by atoms with Crippen LogP contribution in [0.2, 0.25) is 0 Å². The zero-order chi connectivity index (χ0) is 24.8. The Morgan fingerprint density at radius 2 is 1.09 bits per heavy atom. The van der Waals surface area contributed by atoms with Crippen LogP contribution < -0.4 is 0 Å². The molecule has 2 N–H and O–H groups in total. The van der Waals surface area contributed by atoms with Crippen LogP contribution in [-0.4, -0.2) is 41.0 Å². The lowest BCUT2D eigenvalue weighted by atomic mass is 10.0. The van der Waals surface area contributed by atoms with E-state index in [9.17, 15) is 14.2 Å². The molecule has 0 fully saturated rings. The Bertz CT molecular complexity index is 535. The zero-order valence-electron chi connectivity index (χ0n) is 20.8. The van der Waals surface area contributed by atoms with E-state index in [2.05, 4.69) is 11.4 Å². The molecular formula is C24H47O8P. The van der Waals surface area contributed by atoms with Gasteiger partial charge in [0.1, 0.15) is 6.61 Å². The number of hydrogen-bond acceptors (Lipinski definition) is 6. The van der Waals surface area contributed by atoms with Gasteiger partial charge in [-0.05, 0) is 12.8 Å². The Balaban J connectivity index is 4.00. The number of carbonyl (C=O) groups excluding carboxylic acids is 2. The van der Waals surface area contributed by atoms with Gasteiger partial charge in [-0.2, -0.15) is 0 Å². The summed E-state index contributed by atoms with van der Waals surface area (Å²) in [5.74, 6) is -0.912. The average molecular weight is 495 g/mol. The van der Waals surface area contributed by atoms with E-state index in [1.807, 2.05) is 6.92 Å². The lowest BCUT2D eigenvalue weighted by Gasteiger charge is -2.18. The Morgan fingerprint density at radius 1 is 0.667 bits per heavy atom. The monoisotopic (exact) mass is 494 g/mol. The molecule has 8 nitrogen and oxygen atoms in total. The number of phosphoric ester groups is 1. The Kier molecular flexibility index (Phi) is 21.0. The van der Waals surface area contributed by atoms with Crippen LogP contribution in [0, 0.1) is 0 Å². The summed E-state index contributed by atoms with van der Waals surface area (Å²) in [7, 11) is -4.71. The molecule has 33 heavy (non-hydrogen) atoms. The SMILES string of the molecule is CCCCCCCCCCCCCCC(=O)O[C@H](COC(=O)CCCCC)COP(=O)(O)O. The lowest BCUT2D eigenvalue weighted by Crippen LogP contribution is -2.29. The third-order valence-electron chi connectivity index (χ3n) is 5.38. The molecule has 0 aliphatic rings. The average Bonchev–Trinajstić information content (AvgIpc) is 2.76. The van der Waals surface area contributed by atoms with E-state index in [1.165, 1.54) is 51.4 Å². The van der Waals surface area contributed by atoms with Crippen molar-refractivity contribution in [2.45, 2.75) is 129 Å². The molecule has 0 aromatic heterocycles. The van der Waals surface area contributed by atoms with Crippen molar-refractivity contribution < 1.29 is 37.9 Å². The summed E-state index contributed by atoms with van der Waals surface area (Å²) in [6.07, 6.45) is 16.3. The fourth-order valence-electron chi connectivity index (χ4n) is 3.43. The van der Waals surface area contributed by atoms with Gasteiger partial charge in [-0.3, -0.25) is 14.1 Å². The Labute approximate surface area is 200 Å². The van der Waals surface area contributed by atoms with Crippen LogP contribution in [0.5, 0.6) is 0 Å². The van der Waals surface area contributed by atoms with Gasteiger partial charge in [-0.1, -0.05) is 97.3 Å². The first kappa shape index (κ1) is 32.0. The third-order valence-corrected chi connectivity index (χ3v) is 5.86. The molecule has 196 valence electrons. The van der Waals surface area contributed by atoms with Crippen LogP contribution in [0.3, 0.4) is 0 Å². The highest BCUT2D eigenvalue weighted by atomic mass is 31.2. The molecule has 0 aromatic carbocycles. The van der Waals surface area contributed by atoms with Gasteiger partial charge in [0.15, 0.2) is 6.10 Å². The predicted octanol–water partition coefficient (Wildman–Crippen LogP) is 6.22. The minimum Gasteiger partial charge on any atom is -0.462 e. The number of rotatable bonds is 23. The van der Waals surface area contributed by atoms with Gasteiger partial charge in [-0.25, -0.2) is 4.57 Å². The highest BCUT2D eigenvalue weighted by molar-refractivity contribution is 7.46. The zero-order valence-corrected chi connectivity index (χ0v) is 21.7. The molecule has 0 saturated heterocycles. The Morgan fingerprint density at radius 3 is 1.61 bits per heavy atom. The first-order valence-electron chi connectivity index (χ1n) is 12.8. The van der Waals surface area contributed by atoms with Crippen LogP contribution in [0.4, 0.5) is 0 Å². The standard InChI is InChI=1S/C24H47O8P/c1-3-5-7-8-9-10-11-12-13-14-15-17-19-24(26)32-22(21-31-33(27,28)29)20-30-23(25)18-16-6-4-2/h22H,3-21H2,1-2H3,(H2,27,28,29)/t22-/m1/s1. The molecule has 0 spiro atoms. The summed E-state index contributed by atoms with van der Waals surface area (Å²) in [5, 5.41) is 0. The molecule has 0 heterocycles. The van der Waals surface area contributed by atoms with Crippen molar-refractivity contribution in [3.05, 3.63) is 0 Å². The molecule has 0 aliphatic carbocycles. The maximum atomic E-state index is 12.1. The molecule has 0 aliphatic heterocycles. The number of carbonyl (C=O) groups is 2. The van der Waals surface area contributed by atoms with Gasteiger partial charge in [-0.15, -0.1) is 0 Å². The molecule has 0 amide bonds. The highest BCUT2D eigenvalue weighted by Crippen LogP contribution is 2.35. The van der Waals surface area contributed by atoms with Crippen LogP contribution in [0.1, 0.15) is 123 Å². The molecule has 0 saturated carbocycles. The normalized spacial score (nSPS) is 12.5. The lowest BCUT2D eigenvalue weighted by molar-refractivity contribution is -0.161. The van der Waals surface area contributed by atoms with E-state index in [1.54, 1.807) is 0 Å². The van der Waals surface area contributed by atoms with Crippen LogP contribution in [0.25, 0.3) is 0 Å². The van der Waals surface area contributed by atoms with Crippen molar-refractivity contribution in [1.29, 1.82) is 0 Å². The summed E-state index contributed by atoms with van der Waals surface area (Å²) >= 11 is 0. The third kappa shape index (κ3) is 24.0. The van der Waals surface area contributed by atoms with E-state index in [0.29, 0.717) is 12.8 Å². The topological polar surface area (TPSA) is 119 Å². The molecular weight excluding hydrogens is 447 g/mol. The van der Waals surface area contributed by atoms with E-state index < -0.39 is 32.5 Å². The second-order valence-corrected chi connectivity index (χ2v) is 9.92. The molecule has 0 aromatic rings. The van der Waals surface area contributed by atoms with Gasteiger partial charge in [0.25, 0.3) is 0 Å². The van der Waals surface area contributed by atoms with Gasteiger partial charge in [0.2, 0.25) is 0 Å². The fourth-order valence-corrected chi connectivity index (χ4v) is 3.79. The van der Waals surface area contributed by atoms with Gasteiger partial charge in [0, 0.05) is 12.8 Å². The number of ether oxygens (including phenoxy) is 2. The summed E-state index contributed by atoms with van der Waals surface area (Å²) in [5.41, 5.74) is 0. The maximum absolute atomic E-state index is 12.1. The van der Waals surface area contributed by atoms with Crippen LogP contribution in [0.15, 0.2) is 0 Å². The van der Waals surface area contributed by atoms with Gasteiger partial charge < -0.3 is 19.3 Å². The second kappa shape index (κ2) is 21.6. The molecule has 9 heteroatoms. The predicted molar refractivity (Wildman–Crippen MR) is 129 cm³/mol. The minimum atomic E-state index is -4.71. The number of unbranched alkanes of at least 4 members (excludes halogenated alkanes) is 13. The molecule has 0 rings (SSSR count). The van der Waals surface area contributed by atoms with E-state index >= 15 is 0 Å². The van der Waals surface area contributed by atoms with Crippen molar-refractivity contribution in [2.75, 3.05) is 13.2 Å². The van der Waals surface area contributed by atoms with Crippen molar-refractivity contribution in [3.63, 3.8) is 0 Å². The van der Waals surface area contributed by atoms with E-state index in [0.717, 1.165) is 32.1 Å². The maximum Gasteiger partial charge on any atom is 0.469 e. The molecule has 0 bridgehead atoms. The van der Waals surface area contributed by atoms with Gasteiger partial charge >= 0.3 is 19.8 Å². The van der Waals surface area contributed by atoms with E-state index in [4.69, 9.17) is 19.3 Å². The summed E-state index contributed by atoms with van der Waals surface area (Å²) < 4.78 is 25.7. The molecule has 0 unspecified atom stereocenters. The first-order valence-corrected chi connectivity index (χ1v) is 14.4. The van der Waals surface area contributed by atoms with Crippen molar-refractivity contribution >= 4 is 19.8 Å². The minimum absolute atomic E-state index is 0.217. The highest BCUT2D eigenvalue weighted by Gasteiger charge is 2.22.